The van der Waals surface area contributed by atoms with Crippen molar-refractivity contribution in [3.05, 3.63) is 97.1 Å². The molecule has 0 aliphatic carbocycles. The fourth-order valence-electron chi connectivity index (χ4n) is 3.52. The molecule has 0 saturated carbocycles. The molecule has 0 amide bonds. The summed E-state index contributed by atoms with van der Waals surface area (Å²) in [4.78, 5) is 3.53. The number of fused-ring (bicyclic) bond motifs is 3. The van der Waals surface area contributed by atoms with Gasteiger partial charge in [0.05, 0.1) is 0 Å². The van der Waals surface area contributed by atoms with Crippen molar-refractivity contribution < 1.29 is 0 Å². The van der Waals surface area contributed by atoms with Gasteiger partial charge in [-0.15, -0.1) is 0 Å². The minimum absolute atomic E-state index is 1.19. The summed E-state index contributed by atoms with van der Waals surface area (Å²) in [6.07, 6.45) is 0. The van der Waals surface area contributed by atoms with E-state index in [1.807, 2.05) is 6.07 Å². The first-order valence-electron chi connectivity index (χ1n) is 8.55. The molecule has 0 bridgehead atoms. The minimum Gasteiger partial charge on any atom is -0.354 e. The second kappa shape index (κ2) is 5.64. The maximum Gasteiger partial charge on any atom is 0.0471 e. The number of aromatic nitrogens is 1. The normalized spacial score (nSPS) is 11.2. The lowest BCUT2D eigenvalue weighted by Crippen LogP contribution is -1.80. The van der Waals surface area contributed by atoms with Crippen molar-refractivity contribution in [3.63, 3.8) is 0 Å². The van der Waals surface area contributed by atoms with Crippen molar-refractivity contribution in [2.24, 2.45) is 0 Å². The number of H-pyrrole nitrogens is 1. The van der Waals surface area contributed by atoms with E-state index < -0.39 is 0 Å². The highest BCUT2D eigenvalue weighted by molar-refractivity contribution is 6.08. The van der Waals surface area contributed by atoms with Crippen LogP contribution >= 0.6 is 0 Å². The molecule has 0 aliphatic rings. The van der Waals surface area contributed by atoms with Gasteiger partial charge >= 0.3 is 0 Å². The second-order valence-corrected chi connectivity index (χ2v) is 6.37. The zero-order valence-electron chi connectivity index (χ0n) is 13.7. The quantitative estimate of drug-likeness (QED) is 0.374. The Labute approximate surface area is 146 Å². The van der Waals surface area contributed by atoms with Gasteiger partial charge in [0.1, 0.15) is 0 Å². The van der Waals surface area contributed by atoms with Crippen molar-refractivity contribution in [1.29, 1.82) is 0 Å². The average molecular weight is 319 g/mol. The van der Waals surface area contributed by atoms with Gasteiger partial charge in [-0.05, 0) is 34.4 Å². The van der Waals surface area contributed by atoms with Crippen molar-refractivity contribution in [1.82, 2.24) is 4.98 Å². The van der Waals surface area contributed by atoms with Crippen LogP contribution in [0.5, 0.6) is 0 Å². The summed E-state index contributed by atoms with van der Waals surface area (Å²) in [6, 6.07) is 34.4. The molecule has 25 heavy (non-hydrogen) atoms. The Hall–Kier alpha value is -3.32. The lowest BCUT2D eigenvalue weighted by molar-refractivity contribution is 1.54. The SMILES string of the molecule is c1ccc(-c2ccc(-c3ccc4c(c3)[nH]c3ccccc34)cc2)cc1. The third-order valence-corrected chi connectivity index (χ3v) is 4.83. The van der Waals surface area contributed by atoms with Gasteiger partial charge in [-0.3, -0.25) is 0 Å². The highest BCUT2D eigenvalue weighted by atomic mass is 14.7. The Morgan fingerprint density at radius 2 is 0.960 bits per heavy atom. The number of rotatable bonds is 2. The summed E-state index contributed by atoms with van der Waals surface area (Å²) in [6.45, 7) is 0. The van der Waals surface area contributed by atoms with Crippen LogP contribution in [0.25, 0.3) is 44.1 Å². The van der Waals surface area contributed by atoms with Crippen LogP contribution in [-0.4, -0.2) is 4.98 Å². The number of hydrogen-bond acceptors (Lipinski definition) is 0. The number of para-hydroxylation sites is 1. The standard InChI is InChI=1S/C24H17N/c1-2-6-17(7-3-1)18-10-12-19(13-11-18)20-14-15-22-21-8-4-5-9-23(21)25-24(22)16-20/h1-16,25H. The summed E-state index contributed by atoms with van der Waals surface area (Å²) in [5.74, 6) is 0. The molecule has 0 saturated heterocycles. The fraction of sp³-hybridized carbons (Fsp3) is 0. The van der Waals surface area contributed by atoms with E-state index in [1.54, 1.807) is 0 Å². The smallest absolute Gasteiger partial charge is 0.0471 e. The molecule has 0 atom stereocenters. The number of benzene rings is 4. The highest BCUT2D eigenvalue weighted by Gasteiger charge is 2.06. The number of nitrogens with one attached hydrogen (secondary N) is 1. The Morgan fingerprint density at radius 3 is 1.76 bits per heavy atom. The monoisotopic (exact) mass is 319 g/mol. The van der Waals surface area contributed by atoms with Crippen LogP contribution in [0.1, 0.15) is 0 Å². The van der Waals surface area contributed by atoms with Gasteiger partial charge in [-0.1, -0.05) is 84.9 Å². The molecule has 1 nitrogen and oxygen atoms in total. The Kier molecular flexibility index (Phi) is 3.17. The van der Waals surface area contributed by atoms with Crippen LogP contribution in [0.3, 0.4) is 0 Å². The molecule has 5 rings (SSSR count). The van der Waals surface area contributed by atoms with E-state index in [-0.39, 0.29) is 0 Å². The summed E-state index contributed by atoms with van der Waals surface area (Å²) in [7, 11) is 0. The molecular formula is C24H17N. The zero-order valence-corrected chi connectivity index (χ0v) is 13.7. The Morgan fingerprint density at radius 1 is 0.400 bits per heavy atom. The topological polar surface area (TPSA) is 15.8 Å². The van der Waals surface area contributed by atoms with Gasteiger partial charge in [0.2, 0.25) is 0 Å². The molecule has 0 unspecified atom stereocenters. The summed E-state index contributed by atoms with van der Waals surface area (Å²) in [5.41, 5.74) is 7.34. The van der Waals surface area contributed by atoms with Gasteiger partial charge in [0.25, 0.3) is 0 Å². The van der Waals surface area contributed by atoms with Crippen LogP contribution in [0.15, 0.2) is 97.1 Å². The third-order valence-electron chi connectivity index (χ3n) is 4.83. The van der Waals surface area contributed by atoms with Crippen LogP contribution < -0.4 is 0 Å². The van der Waals surface area contributed by atoms with E-state index >= 15 is 0 Å². The van der Waals surface area contributed by atoms with Crippen LogP contribution in [0.4, 0.5) is 0 Å². The van der Waals surface area contributed by atoms with E-state index in [0.717, 1.165) is 0 Å². The van der Waals surface area contributed by atoms with Gasteiger partial charge < -0.3 is 4.98 Å². The largest absolute Gasteiger partial charge is 0.354 e. The summed E-state index contributed by atoms with van der Waals surface area (Å²) in [5, 5.41) is 2.56. The number of aromatic amines is 1. The van der Waals surface area contributed by atoms with Crippen molar-refractivity contribution in [2.45, 2.75) is 0 Å². The lowest BCUT2D eigenvalue weighted by atomic mass is 9.99. The molecule has 1 heterocycles. The van der Waals surface area contributed by atoms with Crippen molar-refractivity contribution in [2.75, 3.05) is 0 Å². The Bertz CT molecular complexity index is 1170. The van der Waals surface area contributed by atoms with Gasteiger partial charge in [0.15, 0.2) is 0 Å². The molecular weight excluding hydrogens is 302 g/mol. The molecule has 118 valence electrons. The van der Waals surface area contributed by atoms with Gasteiger partial charge in [-0.2, -0.15) is 0 Å². The van der Waals surface area contributed by atoms with Crippen LogP contribution in [0.2, 0.25) is 0 Å². The van der Waals surface area contributed by atoms with Gasteiger partial charge in [0, 0.05) is 21.8 Å². The molecule has 1 N–H and O–H groups in total. The second-order valence-electron chi connectivity index (χ2n) is 6.37. The molecule has 0 fully saturated rings. The maximum atomic E-state index is 3.53. The summed E-state index contributed by atoms with van der Waals surface area (Å²) < 4.78 is 0. The molecule has 0 spiro atoms. The predicted octanol–water partition coefficient (Wildman–Crippen LogP) is 6.66. The van der Waals surface area contributed by atoms with E-state index in [0.29, 0.717) is 0 Å². The third kappa shape index (κ3) is 2.41. The van der Waals surface area contributed by atoms with Crippen LogP contribution in [-0.2, 0) is 0 Å². The Balaban J connectivity index is 1.57. The predicted molar refractivity (Wildman–Crippen MR) is 107 cm³/mol. The fourth-order valence-corrected chi connectivity index (χ4v) is 3.52. The molecule has 5 aromatic rings. The van der Waals surface area contributed by atoms with Crippen LogP contribution in [0, 0.1) is 0 Å². The minimum atomic E-state index is 1.19. The molecule has 4 aromatic carbocycles. The first kappa shape index (κ1) is 14.1. The van der Waals surface area contributed by atoms with Crippen molar-refractivity contribution in [3.8, 4) is 22.3 Å². The maximum absolute atomic E-state index is 3.53. The molecule has 0 radical (unpaired) electrons. The molecule has 0 aliphatic heterocycles. The van der Waals surface area contributed by atoms with E-state index in [2.05, 4.69) is 96.0 Å². The first-order chi connectivity index (χ1) is 12.4. The highest BCUT2D eigenvalue weighted by Crippen LogP contribution is 2.30. The van der Waals surface area contributed by atoms with Gasteiger partial charge in [-0.25, -0.2) is 0 Å². The first-order valence-corrected chi connectivity index (χ1v) is 8.55. The van der Waals surface area contributed by atoms with Crippen molar-refractivity contribution >= 4 is 21.8 Å². The average Bonchev–Trinajstić information content (AvgIpc) is 3.06. The van der Waals surface area contributed by atoms with E-state index in [4.69, 9.17) is 0 Å². The van der Waals surface area contributed by atoms with E-state index in [9.17, 15) is 0 Å². The van der Waals surface area contributed by atoms with E-state index in [1.165, 1.54) is 44.1 Å². The molecule has 1 aromatic heterocycles. The lowest BCUT2D eigenvalue weighted by Gasteiger charge is -2.05. The summed E-state index contributed by atoms with van der Waals surface area (Å²) >= 11 is 0. The zero-order chi connectivity index (χ0) is 16.6. The molecule has 1 heteroatoms. The number of hydrogen-bond donors (Lipinski definition) is 1.